The zero-order valence-electron chi connectivity index (χ0n) is 12.5. The Morgan fingerprint density at radius 3 is 2.15 bits per heavy atom. The SMILES string of the molecule is CC[C@H](c1ccc(OCc2ccccc2)cc1)N(C)C. The van der Waals surface area contributed by atoms with Crippen molar-refractivity contribution in [2.24, 2.45) is 0 Å². The number of nitrogens with zero attached hydrogens (tertiary/aromatic N) is 1. The summed E-state index contributed by atoms with van der Waals surface area (Å²) in [5.41, 5.74) is 2.53. The van der Waals surface area contributed by atoms with Gasteiger partial charge in [0.25, 0.3) is 0 Å². The molecule has 0 heterocycles. The minimum atomic E-state index is 0.471. The van der Waals surface area contributed by atoms with Crippen molar-refractivity contribution in [1.29, 1.82) is 0 Å². The third-order valence-corrected chi connectivity index (χ3v) is 3.52. The van der Waals surface area contributed by atoms with E-state index in [0.717, 1.165) is 12.2 Å². The number of hydrogen-bond donors (Lipinski definition) is 0. The lowest BCUT2D eigenvalue weighted by Crippen LogP contribution is -2.18. The highest BCUT2D eigenvalue weighted by atomic mass is 16.5. The topological polar surface area (TPSA) is 12.5 Å². The van der Waals surface area contributed by atoms with Crippen LogP contribution < -0.4 is 4.74 Å². The van der Waals surface area contributed by atoms with E-state index in [2.05, 4.69) is 62.3 Å². The van der Waals surface area contributed by atoms with Gasteiger partial charge < -0.3 is 9.64 Å². The molecule has 0 unspecified atom stereocenters. The zero-order chi connectivity index (χ0) is 14.4. The van der Waals surface area contributed by atoms with Gasteiger partial charge >= 0.3 is 0 Å². The first kappa shape index (κ1) is 14.6. The van der Waals surface area contributed by atoms with Crippen LogP contribution in [0, 0.1) is 0 Å². The predicted octanol–water partition coefficient (Wildman–Crippen LogP) is 4.28. The van der Waals surface area contributed by atoms with E-state index in [1.165, 1.54) is 11.1 Å². The van der Waals surface area contributed by atoms with Crippen molar-refractivity contribution in [3.05, 3.63) is 65.7 Å². The quantitative estimate of drug-likeness (QED) is 0.776. The van der Waals surface area contributed by atoms with E-state index >= 15 is 0 Å². The standard InChI is InChI=1S/C18H23NO/c1-4-18(19(2)3)16-10-12-17(13-11-16)20-14-15-8-6-5-7-9-15/h5-13,18H,4,14H2,1-3H3/t18-/m1/s1. The molecule has 0 radical (unpaired) electrons. The normalized spacial score (nSPS) is 12.4. The van der Waals surface area contributed by atoms with Gasteiger partial charge in [0.2, 0.25) is 0 Å². The summed E-state index contributed by atoms with van der Waals surface area (Å²) >= 11 is 0. The fourth-order valence-corrected chi connectivity index (χ4v) is 2.43. The van der Waals surface area contributed by atoms with Crippen molar-refractivity contribution in [3.63, 3.8) is 0 Å². The van der Waals surface area contributed by atoms with E-state index in [1.54, 1.807) is 0 Å². The highest BCUT2D eigenvalue weighted by Crippen LogP contribution is 2.24. The summed E-state index contributed by atoms with van der Waals surface area (Å²) in [6.45, 7) is 2.83. The first-order valence-electron chi connectivity index (χ1n) is 7.14. The van der Waals surface area contributed by atoms with Crippen LogP contribution in [0.1, 0.15) is 30.5 Å². The number of hydrogen-bond acceptors (Lipinski definition) is 2. The van der Waals surface area contributed by atoms with Gasteiger partial charge in [-0.3, -0.25) is 0 Å². The molecule has 20 heavy (non-hydrogen) atoms. The van der Waals surface area contributed by atoms with Crippen LogP contribution in [0.3, 0.4) is 0 Å². The third kappa shape index (κ3) is 3.84. The molecule has 0 spiro atoms. The van der Waals surface area contributed by atoms with Gasteiger partial charge in [0, 0.05) is 6.04 Å². The Kier molecular flexibility index (Phi) is 5.19. The number of ether oxygens (including phenoxy) is 1. The molecule has 0 N–H and O–H groups in total. The summed E-state index contributed by atoms with van der Waals surface area (Å²) in [6.07, 6.45) is 1.11. The molecule has 0 fully saturated rings. The molecule has 0 saturated heterocycles. The van der Waals surface area contributed by atoms with Crippen LogP contribution in [-0.2, 0) is 6.61 Å². The summed E-state index contributed by atoms with van der Waals surface area (Å²) in [4.78, 5) is 2.25. The number of rotatable bonds is 6. The van der Waals surface area contributed by atoms with Crippen LogP contribution in [0.5, 0.6) is 5.75 Å². The van der Waals surface area contributed by atoms with Gasteiger partial charge in [-0.15, -0.1) is 0 Å². The summed E-state index contributed by atoms with van der Waals surface area (Å²) < 4.78 is 5.81. The van der Waals surface area contributed by atoms with Crippen LogP contribution in [0.25, 0.3) is 0 Å². The van der Waals surface area contributed by atoms with Crippen molar-refractivity contribution in [2.45, 2.75) is 26.0 Å². The molecular formula is C18H23NO. The monoisotopic (exact) mass is 269 g/mol. The van der Waals surface area contributed by atoms with E-state index in [-0.39, 0.29) is 0 Å². The third-order valence-electron chi connectivity index (χ3n) is 3.52. The Balaban J connectivity index is 1.98. The molecule has 0 aliphatic heterocycles. The summed E-state index contributed by atoms with van der Waals surface area (Å²) in [6, 6.07) is 19.1. The van der Waals surface area contributed by atoms with Crippen LogP contribution in [0.15, 0.2) is 54.6 Å². The minimum absolute atomic E-state index is 0.471. The first-order valence-corrected chi connectivity index (χ1v) is 7.14. The maximum Gasteiger partial charge on any atom is 0.119 e. The van der Waals surface area contributed by atoms with Crippen molar-refractivity contribution in [3.8, 4) is 5.75 Å². The van der Waals surface area contributed by atoms with Crippen molar-refractivity contribution in [2.75, 3.05) is 14.1 Å². The molecule has 0 aliphatic rings. The largest absolute Gasteiger partial charge is 0.489 e. The maximum absolute atomic E-state index is 5.81. The molecular weight excluding hydrogens is 246 g/mol. The second kappa shape index (κ2) is 7.11. The molecule has 0 amide bonds. The molecule has 2 aromatic rings. The Morgan fingerprint density at radius 1 is 0.950 bits per heavy atom. The molecule has 0 aromatic heterocycles. The molecule has 0 bridgehead atoms. The van der Waals surface area contributed by atoms with Gasteiger partial charge in [0.05, 0.1) is 0 Å². The van der Waals surface area contributed by atoms with Crippen LogP contribution >= 0.6 is 0 Å². The van der Waals surface area contributed by atoms with Crippen molar-refractivity contribution >= 4 is 0 Å². The van der Waals surface area contributed by atoms with E-state index in [1.807, 2.05) is 18.2 Å². The Morgan fingerprint density at radius 2 is 1.60 bits per heavy atom. The molecule has 2 heteroatoms. The lowest BCUT2D eigenvalue weighted by atomic mass is 10.0. The maximum atomic E-state index is 5.81. The van der Waals surface area contributed by atoms with Gasteiger partial charge in [-0.1, -0.05) is 49.4 Å². The Labute approximate surface area is 122 Å². The summed E-state index contributed by atoms with van der Waals surface area (Å²) in [5, 5.41) is 0. The van der Waals surface area contributed by atoms with Crippen LogP contribution in [0.4, 0.5) is 0 Å². The average Bonchev–Trinajstić information content (AvgIpc) is 2.48. The molecule has 1 atom stereocenters. The second-order valence-corrected chi connectivity index (χ2v) is 5.23. The summed E-state index contributed by atoms with van der Waals surface area (Å²) in [7, 11) is 4.24. The Hall–Kier alpha value is -1.80. The number of benzene rings is 2. The molecule has 2 rings (SSSR count). The van der Waals surface area contributed by atoms with Gasteiger partial charge in [0.15, 0.2) is 0 Å². The minimum Gasteiger partial charge on any atom is -0.489 e. The predicted molar refractivity (Wildman–Crippen MR) is 83.9 cm³/mol. The van der Waals surface area contributed by atoms with Crippen molar-refractivity contribution < 1.29 is 4.74 Å². The van der Waals surface area contributed by atoms with Crippen molar-refractivity contribution in [1.82, 2.24) is 4.90 Å². The van der Waals surface area contributed by atoms with Crippen LogP contribution in [-0.4, -0.2) is 19.0 Å². The fourth-order valence-electron chi connectivity index (χ4n) is 2.43. The van der Waals surface area contributed by atoms with E-state index in [9.17, 15) is 0 Å². The lowest BCUT2D eigenvalue weighted by molar-refractivity contribution is 0.290. The molecule has 2 aromatic carbocycles. The van der Waals surface area contributed by atoms with Gasteiger partial charge in [-0.25, -0.2) is 0 Å². The van der Waals surface area contributed by atoms with Gasteiger partial charge in [-0.05, 0) is 43.8 Å². The fraction of sp³-hybridized carbons (Fsp3) is 0.333. The molecule has 2 nitrogen and oxygen atoms in total. The van der Waals surface area contributed by atoms with E-state index in [0.29, 0.717) is 12.6 Å². The molecule has 106 valence electrons. The molecule has 0 aliphatic carbocycles. The van der Waals surface area contributed by atoms with Gasteiger partial charge in [-0.2, -0.15) is 0 Å². The average molecular weight is 269 g/mol. The first-order chi connectivity index (χ1) is 9.70. The lowest BCUT2D eigenvalue weighted by Gasteiger charge is -2.23. The summed E-state index contributed by atoms with van der Waals surface area (Å²) in [5.74, 6) is 0.922. The highest BCUT2D eigenvalue weighted by Gasteiger charge is 2.11. The second-order valence-electron chi connectivity index (χ2n) is 5.23. The van der Waals surface area contributed by atoms with E-state index in [4.69, 9.17) is 4.74 Å². The smallest absolute Gasteiger partial charge is 0.119 e. The zero-order valence-corrected chi connectivity index (χ0v) is 12.5. The van der Waals surface area contributed by atoms with Crippen LogP contribution in [0.2, 0.25) is 0 Å². The molecule has 0 saturated carbocycles. The Bertz CT molecular complexity index is 505. The van der Waals surface area contributed by atoms with Gasteiger partial charge in [0.1, 0.15) is 12.4 Å². The highest BCUT2D eigenvalue weighted by molar-refractivity contribution is 5.29. The van der Waals surface area contributed by atoms with E-state index < -0.39 is 0 Å².